The van der Waals surface area contributed by atoms with E-state index in [9.17, 15) is 22.8 Å². The van der Waals surface area contributed by atoms with E-state index >= 15 is 0 Å². The van der Waals surface area contributed by atoms with Crippen molar-refractivity contribution in [2.45, 2.75) is 12.6 Å². The Kier molecular flexibility index (Phi) is 7.50. The number of carbonyl (C=O) groups excluding carboxylic acids is 1. The molecule has 0 fully saturated rings. The molecule has 0 saturated heterocycles. The Morgan fingerprint density at radius 3 is 2.58 bits per heavy atom. The van der Waals surface area contributed by atoms with Gasteiger partial charge < -0.3 is 19.5 Å². The van der Waals surface area contributed by atoms with Gasteiger partial charge in [0.05, 0.1) is 13.0 Å². The number of benzene rings is 1. The van der Waals surface area contributed by atoms with Gasteiger partial charge in [-0.2, -0.15) is 13.2 Å². The number of carboxylic acids is 1. The molecule has 0 unspecified atom stereocenters. The van der Waals surface area contributed by atoms with Crippen LogP contribution in [0.4, 0.5) is 13.2 Å². The molecule has 0 aromatic heterocycles. The molecule has 0 bridgehead atoms. The Bertz CT molecular complexity index is 562. The molecule has 1 N–H and O–H groups in total. The maximum absolute atomic E-state index is 12.2. The summed E-state index contributed by atoms with van der Waals surface area (Å²) in [4.78, 5) is 24.1. The lowest BCUT2D eigenvalue weighted by Gasteiger charge is -2.20. The van der Waals surface area contributed by atoms with E-state index in [1.165, 1.54) is 25.3 Å². The second kappa shape index (κ2) is 9.11. The zero-order valence-electron chi connectivity index (χ0n) is 13.0. The molecule has 0 aliphatic heterocycles. The van der Waals surface area contributed by atoms with Crippen molar-refractivity contribution in [1.29, 1.82) is 0 Å². The van der Waals surface area contributed by atoms with Gasteiger partial charge in [0.25, 0.3) is 0 Å². The summed E-state index contributed by atoms with van der Waals surface area (Å²) in [5.74, 6) is -1.65. The van der Waals surface area contributed by atoms with Gasteiger partial charge in [-0.15, -0.1) is 0 Å². The van der Waals surface area contributed by atoms with Gasteiger partial charge in [0.15, 0.2) is 6.61 Å². The number of halogens is 3. The Morgan fingerprint density at radius 1 is 1.29 bits per heavy atom. The average Bonchev–Trinajstić information content (AvgIpc) is 2.48. The molecule has 0 aliphatic carbocycles. The minimum atomic E-state index is -4.45. The van der Waals surface area contributed by atoms with Crippen molar-refractivity contribution in [3.63, 3.8) is 0 Å². The number of methoxy groups -OCH3 is 1. The highest BCUT2D eigenvalue weighted by molar-refractivity contribution is 5.83. The van der Waals surface area contributed by atoms with Crippen LogP contribution in [0.5, 0.6) is 5.75 Å². The van der Waals surface area contributed by atoms with E-state index in [2.05, 4.69) is 4.74 Å². The second-order valence-electron chi connectivity index (χ2n) is 4.93. The summed E-state index contributed by atoms with van der Waals surface area (Å²) in [6, 6.07) is 5.68. The minimum absolute atomic E-state index is 0.0145. The molecule has 1 aromatic carbocycles. The van der Waals surface area contributed by atoms with Crippen LogP contribution in [-0.4, -0.2) is 61.5 Å². The molecule has 0 heterocycles. The van der Waals surface area contributed by atoms with Gasteiger partial charge in [-0.25, -0.2) is 0 Å². The van der Waals surface area contributed by atoms with Gasteiger partial charge >= 0.3 is 12.1 Å². The van der Waals surface area contributed by atoms with Crippen LogP contribution < -0.4 is 4.74 Å². The van der Waals surface area contributed by atoms with Gasteiger partial charge in [0.2, 0.25) is 5.91 Å². The fourth-order valence-corrected chi connectivity index (χ4v) is 1.85. The normalized spacial score (nSPS) is 11.2. The second-order valence-corrected chi connectivity index (χ2v) is 4.93. The van der Waals surface area contributed by atoms with E-state index in [1.807, 2.05) is 0 Å². The molecule has 134 valence electrons. The minimum Gasteiger partial charge on any atom is -0.484 e. The number of hydrogen-bond acceptors (Lipinski definition) is 4. The van der Waals surface area contributed by atoms with Gasteiger partial charge in [0, 0.05) is 13.7 Å². The first-order valence-corrected chi connectivity index (χ1v) is 6.98. The van der Waals surface area contributed by atoms with Crippen molar-refractivity contribution >= 4 is 11.9 Å². The van der Waals surface area contributed by atoms with E-state index in [4.69, 9.17) is 9.84 Å². The molecule has 6 nitrogen and oxygen atoms in total. The molecule has 1 rings (SSSR count). The number of ether oxygens (including phenoxy) is 2. The van der Waals surface area contributed by atoms with Gasteiger partial charge in [-0.05, 0) is 17.7 Å². The van der Waals surface area contributed by atoms with Crippen LogP contribution in [0.1, 0.15) is 5.56 Å². The molecule has 0 saturated carbocycles. The van der Waals surface area contributed by atoms with Crippen LogP contribution in [0.3, 0.4) is 0 Å². The predicted molar refractivity (Wildman–Crippen MR) is 77.8 cm³/mol. The molecule has 24 heavy (non-hydrogen) atoms. The molecule has 1 aromatic rings. The van der Waals surface area contributed by atoms with E-state index in [0.29, 0.717) is 5.56 Å². The van der Waals surface area contributed by atoms with Crippen molar-refractivity contribution in [2.75, 3.05) is 33.4 Å². The zero-order valence-corrected chi connectivity index (χ0v) is 13.0. The maximum atomic E-state index is 12.2. The maximum Gasteiger partial charge on any atom is 0.422 e. The number of alkyl halides is 3. The number of nitrogens with zero attached hydrogens (tertiary/aromatic N) is 1. The summed E-state index contributed by atoms with van der Waals surface area (Å²) in [5.41, 5.74) is 0.424. The summed E-state index contributed by atoms with van der Waals surface area (Å²) in [6.07, 6.45) is -4.61. The monoisotopic (exact) mass is 349 g/mol. The fraction of sp³-hybridized carbons (Fsp3) is 0.467. The van der Waals surface area contributed by atoms with E-state index in [1.54, 1.807) is 6.07 Å². The van der Waals surface area contributed by atoms with E-state index in [-0.39, 0.29) is 25.3 Å². The molecular weight excluding hydrogens is 331 g/mol. The number of hydrogen-bond donors (Lipinski definition) is 1. The molecule has 9 heteroatoms. The lowest BCUT2D eigenvalue weighted by molar-refractivity contribution is -0.153. The Hall–Kier alpha value is -2.29. The van der Waals surface area contributed by atoms with Crippen LogP contribution in [0.25, 0.3) is 0 Å². The lowest BCUT2D eigenvalue weighted by atomic mass is 10.1. The molecule has 0 atom stereocenters. The Labute approximate surface area is 136 Å². The van der Waals surface area contributed by atoms with Crippen LogP contribution in [0, 0.1) is 0 Å². The third kappa shape index (κ3) is 7.82. The molecule has 0 radical (unpaired) electrons. The lowest BCUT2D eigenvalue weighted by Crippen LogP contribution is -2.38. The van der Waals surface area contributed by atoms with Crippen LogP contribution >= 0.6 is 0 Å². The third-order valence-electron chi connectivity index (χ3n) is 2.90. The van der Waals surface area contributed by atoms with Crippen molar-refractivity contribution in [3.05, 3.63) is 29.8 Å². The third-order valence-corrected chi connectivity index (χ3v) is 2.90. The average molecular weight is 349 g/mol. The van der Waals surface area contributed by atoms with Crippen LogP contribution in [0.15, 0.2) is 24.3 Å². The van der Waals surface area contributed by atoms with Crippen LogP contribution in [-0.2, 0) is 20.7 Å². The standard InChI is InChI=1S/C15H18F3NO5/c1-23-6-5-19(9-14(21)22)13(20)8-11-3-2-4-12(7-11)24-10-15(16,17)18/h2-4,7H,5-6,8-10H2,1H3,(H,21,22). The quantitative estimate of drug-likeness (QED) is 0.735. The highest BCUT2D eigenvalue weighted by Crippen LogP contribution is 2.19. The number of rotatable bonds is 9. The summed E-state index contributed by atoms with van der Waals surface area (Å²) < 4.78 is 45.9. The molecule has 1 amide bonds. The fourth-order valence-electron chi connectivity index (χ4n) is 1.85. The first-order chi connectivity index (χ1) is 11.2. The van der Waals surface area contributed by atoms with Crippen molar-refractivity contribution in [2.24, 2.45) is 0 Å². The van der Waals surface area contributed by atoms with E-state index in [0.717, 1.165) is 4.90 Å². The van der Waals surface area contributed by atoms with Gasteiger partial charge in [0.1, 0.15) is 12.3 Å². The van der Waals surface area contributed by atoms with E-state index < -0.39 is 31.2 Å². The first-order valence-electron chi connectivity index (χ1n) is 6.98. The summed E-state index contributed by atoms with van der Waals surface area (Å²) >= 11 is 0. The summed E-state index contributed by atoms with van der Waals surface area (Å²) in [6.45, 7) is -1.63. The number of carbonyl (C=O) groups is 2. The molecule has 0 spiro atoms. The predicted octanol–water partition coefficient (Wildman–Crippen LogP) is 1.73. The number of amides is 1. The Morgan fingerprint density at radius 2 is 2.00 bits per heavy atom. The summed E-state index contributed by atoms with van der Waals surface area (Å²) in [5, 5.41) is 8.83. The van der Waals surface area contributed by atoms with Gasteiger partial charge in [-0.1, -0.05) is 12.1 Å². The van der Waals surface area contributed by atoms with Crippen molar-refractivity contribution < 1.29 is 37.3 Å². The SMILES string of the molecule is COCCN(CC(=O)O)C(=O)Cc1cccc(OCC(F)(F)F)c1. The van der Waals surface area contributed by atoms with Crippen LogP contribution in [0.2, 0.25) is 0 Å². The number of aliphatic carboxylic acids is 1. The highest BCUT2D eigenvalue weighted by atomic mass is 19.4. The van der Waals surface area contributed by atoms with Crippen molar-refractivity contribution in [1.82, 2.24) is 4.90 Å². The zero-order chi connectivity index (χ0) is 18.2. The smallest absolute Gasteiger partial charge is 0.422 e. The summed E-state index contributed by atoms with van der Waals surface area (Å²) in [7, 11) is 1.42. The van der Waals surface area contributed by atoms with Crippen molar-refractivity contribution in [3.8, 4) is 5.75 Å². The topological polar surface area (TPSA) is 76.1 Å². The number of carboxylic acid groups (broad SMARTS) is 1. The van der Waals surface area contributed by atoms with Gasteiger partial charge in [-0.3, -0.25) is 9.59 Å². The highest BCUT2D eigenvalue weighted by Gasteiger charge is 2.28. The molecule has 0 aliphatic rings. The first kappa shape index (κ1) is 19.8. The Balaban J connectivity index is 2.71. The largest absolute Gasteiger partial charge is 0.484 e. The molecular formula is C15H18F3NO5.